The summed E-state index contributed by atoms with van der Waals surface area (Å²) in [6, 6.07) is 76.6. The normalized spacial score (nSPS) is 13.3. The molecule has 0 spiro atoms. The monoisotopic (exact) mass is 734 g/mol. The Morgan fingerprint density at radius 3 is 1.71 bits per heavy atom. The minimum absolute atomic E-state index is 0.507. The maximum atomic E-state index is 6.25. The topological polar surface area (TPSA) is 13.1 Å². The van der Waals surface area contributed by atoms with Gasteiger partial charge in [-0.25, -0.2) is 0 Å². The number of rotatable bonds is 4. The highest BCUT2D eigenvalue weighted by molar-refractivity contribution is 6.25. The molecule has 0 atom stereocenters. The van der Waals surface area contributed by atoms with Crippen LogP contribution in [0.25, 0.3) is 98.4 Å². The fourth-order valence-corrected chi connectivity index (χ4v) is 10.6. The van der Waals surface area contributed by atoms with Gasteiger partial charge in [-0.05, 0) is 123 Å². The van der Waals surface area contributed by atoms with Gasteiger partial charge in [0, 0.05) is 10.8 Å². The van der Waals surface area contributed by atoms with Crippen LogP contribution < -0.4 is 0 Å². The Kier molecular flexibility index (Phi) is 6.43. The van der Waals surface area contributed by atoms with E-state index in [0.29, 0.717) is 0 Å². The van der Waals surface area contributed by atoms with E-state index in [1.54, 1.807) is 0 Å². The van der Waals surface area contributed by atoms with Gasteiger partial charge in [-0.1, -0.05) is 182 Å². The molecule has 0 saturated heterocycles. The van der Waals surface area contributed by atoms with Crippen LogP contribution >= 0.6 is 0 Å². The van der Waals surface area contributed by atoms with E-state index >= 15 is 0 Å². The summed E-state index contributed by atoms with van der Waals surface area (Å²) >= 11 is 0. The van der Waals surface area contributed by atoms with Crippen molar-refractivity contribution in [3.63, 3.8) is 0 Å². The van der Waals surface area contributed by atoms with Gasteiger partial charge in [0.15, 0.2) is 0 Å². The van der Waals surface area contributed by atoms with Crippen LogP contribution in [0.3, 0.4) is 0 Å². The van der Waals surface area contributed by atoms with E-state index in [2.05, 4.69) is 200 Å². The third kappa shape index (κ3) is 4.20. The third-order valence-electron chi connectivity index (χ3n) is 13.1. The second kappa shape index (κ2) is 11.8. The zero-order chi connectivity index (χ0) is 38.0. The minimum Gasteiger partial charge on any atom is -0.456 e. The summed E-state index contributed by atoms with van der Waals surface area (Å²) in [5.41, 5.74) is 14.0. The molecular formula is C57H34O. The molecule has 1 nitrogen and oxygen atoms in total. The largest absolute Gasteiger partial charge is 0.456 e. The highest BCUT2D eigenvalue weighted by Crippen LogP contribution is 2.59. The molecule has 11 aromatic carbocycles. The lowest BCUT2D eigenvalue weighted by Crippen LogP contribution is -2.28. The van der Waals surface area contributed by atoms with E-state index in [1.807, 2.05) is 6.07 Å². The van der Waals surface area contributed by atoms with Gasteiger partial charge in [-0.3, -0.25) is 0 Å². The van der Waals surface area contributed by atoms with Gasteiger partial charge in [-0.2, -0.15) is 0 Å². The fraction of sp³-hybridized carbons (Fsp3) is 0.0175. The number of hydrogen-bond acceptors (Lipinski definition) is 1. The first-order valence-corrected chi connectivity index (χ1v) is 20.2. The summed E-state index contributed by atoms with van der Waals surface area (Å²) in [5.74, 6) is 0. The number of hydrogen-bond donors (Lipinski definition) is 0. The van der Waals surface area contributed by atoms with Crippen LogP contribution in [-0.2, 0) is 5.41 Å². The summed E-state index contributed by atoms with van der Waals surface area (Å²) in [5, 5.41) is 12.6. The molecule has 0 bridgehead atoms. The Hall–Kier alpha value is -7.48. The smallest absolute Gasteiger partial charge is 0.135 e. The first-order chi connectivity index (χ1) is 28.8. The number of para-hydroxylation sites is 1. The van der Waals surface area contributed by atoms with Crippen molar-refractivity contribution < 1.29 is 4.42 Å². The van der Waals surface area contributed by atoms with Gasteiger partial charge in [0.2, 0.25) is 0 Å². The first kappa shape index (κ1) is 31.7. The summed E-state index contributed by atoms with van der Waals surface area (Å²) in [7, 11) is 0. The Balaban J connectivity index is 1.11. The lowest BCUT2D eigenvalue weighted by Gasteiger charge is -2.34. The molecule has 0 amide bonds. The average molecular weight is 735 g/mol. The van der Waals surface area contributed by atoms with Crippen molar-refractivity contribution in [3.8, 4) is 33.4 Å². The Labute approximate surface area is 335 Å². The van der Waals surface area contributed by atoms with E-state index < -0.39 is 5.41 Å². The van der Waals surface area contributed by atoms with Crippen molar-refractivity contribution in [2.24, 2.45) is 0 Å². The number of benzene rings is 11. The molecule has 0 N–H and O–H groups in total. The second-order valence-corrected chi connectivity index (χ2v) is 15.9. The summed E-state index contributed by atoms with van der Waals surface area (Å²) < 4.78 is 6.25. The predicted octanol–water partition coefficient (Wildman–Crippen LogP) is 15.3. The average Bonchev–Trinajstić information content (AvgIpc) is 3.82. The van der Waals surface area contributed by atoms with Crippen LogP contribution in [0.2, 0.25) is 0 Å². The van der Waals surface area contributed by atoms with Crippen LogP contribution in [0, 0.1) is 0 Å². The van der Waals surface area contributed by atoms with Crippen LogP contribution in [0.4, 0.5) is 0 Å². The lowest BCUT2D eigenvalue weighted by atomic mass is 9.67. The van der Waals surface area contributed by atoms with Crippen molar-refractivity contribution in [2.75, 3.05) is 0 Å². The van der Waals surface area contributed by atoms with E-state index in [9.17, 15) is 0 Å². The molecule has 1 aromatic heterocycles. The predicted molar refractivity (Wildman–Crippen MR) is 243 cm³/mol. The lowest BCUT2D eigenvalue weighted by molar-refractivity contribution is 0.669. The molecule has 0 unspecified atom stereocenters. The van der Waals surface area contributed by atoms with Crippen LogP contribution in [0.5, 0.6) is 0 Å². The molecular weight excluding hydrogens is 701 g/mol. The van der Waals surface area contributed by atoms with Crippen molar-refractivity contribution in [3.05, 3.63) is 229 Å². The van der Waals surface area contributed by atoms with Gasteiger partial charge >= 0.3 is 0 Å². The third-order valence-corrected chi connectivity index (χ3v) is 13.1. The molecule has 1 aliphatic carbocycles. The molecule has 1 heterocycles. The maximum absolute atomic E-state index is 6.25. The van der Waals surface area contributed by atoms with Crippen LogP contribution in [0.15, 0.2) is 211 Å². The molecule has 1 heteroatoms. The Morgan fingerprint density at radius 1 is 0.310 bits per heavy atom. The van der Waals surface area contributed by atoms with Crippen molar-refractivity contribution in [1.29, 1.82) is 0 Å². The SMILES string of the molecule is c1ccc(C2(c3ccccc3)c3ccc(-c4ccc5ccc6cccc7ccc4c5c67)cc3-c3c2ccc2c(-c4ccc5oc6ccccc6c5c4)cccc32)cc1. The number of fused-ring (bicyclic) bond motifs is 8. The second-order valence-electron chi connectivity index (χ2n) is 15.9. The highest BCUT2D eigenvalue weighted by atomic mass is 16.3. The summed E-state index contributed by atoms with van der Waals surface area (Å²) in [4.78, 5) is 0. The van der Waals surface area contributed by atoms with Gasteiger partial charge in [0.05, 0.1) is 5.41 Å². The van der Waals surface area contributed by atoms with Crippen LogP contribution in [-0.4, -0.2) is 0 Å². The molecule has 0 radical (unpaired) electrons. The summed E-state index contributed by atoms with van der Waals surface area (Å²) in [6.07, 6.45) is 0. The van der Waals surface area contributed by atoms with Gasteiger partial charge in [0.1, 0.15) is 11.2 Å². The van der Waals surface area contributed by atoms with Gasteiger partial charge < -0.3 is 4.42 Å². The molecule has 0 fully saturated rings. The zero-order valence-electron chi connectivity index (χ0n) is 31.5. The Morgan fingerprint density at radius 2 is 0.897 bits per heavy atom. The molecule has 13 rings (SSSR count). The van der Waals surface area contributed by atoms with E-state index in [1.165, 1.54) is 98.7 Å². The Bertz CT molecular complexity index is 3550. The maximum Gasteiger partial charge on any atom is 0.135 e. The zero-order valence-corrected chi connectivity index (χ0v) is 31.5. The minimum atomic E-state index is -0.507. The molecule has 1 aliphatic rings. The van der Waals surface area contributed by atoms with Crippen molar-refractivity contribution in [2.45, 2.75) is 5.41 Å². The van der Waals surface area contributed by atoms with Gasteiger partial charge in [-0.15, -0.1) is 0 Å². The van der Waals surface area contributed by atoms with Crippen molar-refractivity contribution in [1.82, 2.24) is 0 Å². The number of furan rings is 1. The highest BCUT2D eigenvalue weighted by Gasteiger charge is 2.46. The fourth-order valence-electron chi connectivity index (χ4n) is 10.6. The summed E-state index contributed by atoms with van der Waals surface area (Å²) in [6.45, 7) is 0. The first-order valence-electron chi connectivity index (χ1n) is 20.2. The quantitative estimate of drug-likeness (QED) is 0.164. The molecule has 58 heavy (non-hydrogen) atoms. The van der Waals surface area contributed by atoms with Crippen molar-refractivity contribution >= 4 is 65.0 Å². The van der Waals surface area contributed by atoms with Crippen LogP contribution in [0.1, 0.15) is 22.3 Å². The molecule has 12 aromatic rings. The van der Waals surface area contributed by atoms with Gasteiger partial charge in [0.25, 0.3) is 0 Å². The van der Waals surface area contributed by atoms with E-state index in [-0.39, 0.29) is 0 Å². The standard InChI is InChI=1S/C57H34O/c1-3-13-40(14-4-1)57(41-15-5-2-6-16-41)50-30-25-38(43-27-23-37-22-21-35-11-9-12-36-24-28-47(43)55(37)54(35)36)34-49(50)56-46-19-10-18-42(44(46)29-31-51(56)57)39-26-32-53-48(33-39)45-17-7-8-20-52(45)58-53/h1-34H. The van der Waals surface area contributed by atoms with E-state index in [4.69, 9.17) is 4.42 Å². The molecule has 0 aliphatic heterocycles. The van der Waals surface area contributed by atoms with E-state index in [0.717, 1.165) is 21.9 Å². The molecule has 268 valence electrons. The molecule has 0 saturated carbocycles.